The molecule has 2 aliphatic rings. The Morgan fingerprint density at radius 2 is 1.76 bits per heavy atom. The van der Waals surface area contributed by atoms with E-state index in [-0.39, 0.29) is 12.1 Å². The van der Waals surface area contributed by atoms with Crippen LogP contribution in [-0.4, -0.2) is 54.0 Å². The van der Waals surface area contributed by atoms with Gasteiger partial charge in [0.05, 0.1) is 6.54 Å². The summed E-state index contributed by atoms with van der Waals surface area (Å²) in [7, 11) is 0. The van der Waals surface area contributed by atoms with Crippen LogP contribution in [0.25, 0.3) is 5.57 Å². The number of aliphatic carboxylic acids is 1. The molecule has 0 saturated carbocycles. The molecule has 1 saturated heterocycles. The van der Waals surface area contributed by atoms with Gasteiger partial charge in [0, 0.05) is 31.5 Å². The van der Waals surface area contributed by atoms with Crippen LogP contribution in [0.15, 0.2) is 42.5 Å². The normalized spacial score (nSPS) is 17.8. The number of para-hydroxylation sites is 1. The van der Waals surface area contributed by atoms with Gasteiger partial charge in [-0.1, -0.05) is 18.2 Å². The number of halogens is 5. The van der Waals surface area contributed by atoms with E-state index in [0.717, 1.165) is 12.1 Å². The summed E-state index contributed by atoms with van der Waals surface area (Å²) in [5, 5.41) is 9.02. The minimum atomic E-state index is -4.73. The first-order valence-electron chi connectivity index (χ1n) is 10.2. The lowest BCUT2D eigenvalue weighted by atomic mass is 9.83. The summed E-state index contributed by atoms with van der Waals surface area (Å²) in [4.78, 5) is 12.8. The largest absolute Gasteiger partial charge is 0.482 e. The first-order chi connectivity index (χ1) is 15.6. The number of ether oxygens (including phenoxy) is 2. The Labute approximate surface area is 186 Å². The number of likely N-dealkylation sites (tertiary alicyclic amines) is 1. The van der Waals surface area contributed by atoms with Crippen LogP contribution in [0.5, 0.6) is 11.5 Å². The standard InChI is InChI=1S/C23H20F5NO4/c24-17-9-14(10-18(25)21(17)32-13-23(26,27)28)16-11-22(33-19-4-2-1-3-15(16)19)5-7-29(8-6-22)12-20(30)31/h1-4,9-11H,5-8,12-13H2,(H,30,31). The van der Waals surface area contributed by atoms with Crippen LogP contribution in [0, 0.1) is 11.6 Å². The van der Waals surface area contributed by atoms with E-state index >= 15 is 0 Å². The van der Waals surface area contributed by atoms with E-state index in [4.69, 9.17) is 9.84 Å². The molecule has 1 spiro atoms. The highest BCUT2D eigenvalue weighted by atomic mass is 19.4. The number of fused-ring (bicyclic) bond motifs is 1. The summed E-state index contributed by atoms with van der Waals surface area (Å²) in [6.45, 7) is -1.01. The van der Waals surface area contributed by atoms with Crippen LogP contribution in [0.1, 0.15) is 24.0 Å². The lowest BCUT2D eigenvalue weighted by Gasteiger charge is -2.42. The number of nitrogens with zero attached hydrogens (tertiary/aromatic N) is 1. The first kappa shape index (κ1) is 23.0. The van der Waals surface area contributed by atoms with E-state index in [0.29, 0.717) is 42.8 Å². The molecule has 1 N–H and O–H groups in total. The van der Waals surface area contributed by atoms with Crippen LogP contribution < -0.4 is 9.47 Å². The summed E-state index contributed by atoms with van der Waals surface area (Å²) in [6, 6.07) is 8.81. The maximum Gasteiger partial charge on any atom is 0.422 e. The molecular weight excluding hydrogens is 449 g/mol. The van der Waals surface area contributed by atoms with E-state index in [2.05, 4.69) is 4.74 Å². The predicted molar refractivity (Wildman–Crippen MR) is 108 cm³/mol. The van der Waals surface area contributed by atoms with Crippen LogP contribution in [0.4, 0.5) is 22.0 Å². The van der Waals surface area contributed by atoms with Gasteiger partial charge in [-0.3, -0.25) is 9.69 Å². The topological polar surface area (TPSA) is 59.0 Å². The molecule has 0 aliphatic carbocycles. The van der Waals surface area contributed by atoms with E-state index in [1.807, 2.05) is 0 Å². The minimum Gasteiger partial charge on any atom is -0.482 e. The predicted octanol–water partition coefficient (Wildman–Crippen LogP) is 4.65. The molecule has 2 aliphatic heterocycles. The lowest BCUT2D eigenvalue weighted by Crippen LogP contribution is -2.49. The molecule has 5 nitrogen and oxygen atoms in total. The van der Waals surface area contributed by atoms with Crippen LogP contribution >= 0.6 is 0 Å². The average Bonchev–Trinajstić information content (AvgIpc) is 2.73. The fourth-order valence-electron chi connectivity index (χ4n) is 4.14. The van der Waals surface area contributed by atoms with Crippen molar-refractivity contribution < 1.29 is 41.3 Å². The maximum absolute atomic E-state index is 14.6. The zero-order valence-corrected chi connectivity index (χ0v) is 17.3. The average molecular weight is 469 g/mol. The minimum absolute atomic E-state index is 0.0982. The second-order valence-electron chi connectivity index (χ2n) is 8.06. The molecule has 2 aromatic carbocycles. The summed E-state index contributed by atoms with van der Waals surface area (Å²) < 4.78 is 76.9. The number of hydrogen-bond acceptors (Lipinski definition) is 4. The van der Waals surface area contributed by atoms with Crippen molar-refractivity contribution in [2.24, 2.45) is 0 Å². The second kappa shape index (κ2) is 8.66. The van der Waals surface area contributed by atoms with Gasteiger partial charge in [0.1, 0.15) is 11.4 Å². The Hall–Kier alpha value is -3.14. The molecule has 0 unspecified atom stereocenters. The highest BCUT2D eigenvalue weighted by molar-refractivity contribution is 5.85. The fraction of sp³-hybridized carbons (Fsp3) is 0.348. The summed E-state index contributed by atoms with van der Waals surface area (Å²) in [5.41, 5.74) is 0.381. The van der Waals surface area contributed by atoms with Crippen LogP contribution in [-0.2, 0) is 4.79 Å². The van der Waals surface area contributed by atoms with Crippen molar-refractivity contribution in [2.45, 2.75) is 24.6 Å². The third-order valence-corrected chi connectivity index (χ3v) is 5.65. The molecule has 0 radical (unpaired) electrons. The van der Waals surface area contributed by atoms with Crippen molar-refractivity contribution in [3.63, 3.8) is 0 Å². The quantitative estimate of drug-likeness (QED) is 0.647. The number of alkyl halides is 3. The van der Waals surface area contributed by atoms with Crippen molar-refractivity contribution >= 4 is 11.5 Å². The van der Waals surface area contributed by atoms with E-state index in [9.17, 15) is 26.7 Å². The Bertz CT molecular complexity index is 1070. The molecule has 33 heavy (non-hydrogen) atoms. The van der Waals surface area contributed by atoms with Crippen molar-refractivity contribution in [2.75, 3.05) is 26.2 Å². The molecule has 4 rings (SSSR count). The van der Waals surface area contributed by atoms with E-state index in [1.54, 1.807) is 35.2 Å². The van der Waals surface area contributed by atoms with Gasteiger partial charge in [-0.15, -0.1) is 0 Å². The lowest BCUT2D eigenvalue weighted by molar-refractivity contribution is -0.154. The van der Waals surface area contributed by atoms with Gasteiger partial charge in [0.15, 0.2) is 24.0 Å². The Kier molecular flexibility index (Phi) is 6.04. The maximum atomic E-state index is 14.6. The molecule has 0 atom stereocenters. The van der Waals surface area contributed by atoms with E-state index < -0.39 is 41.7 Å². The number of carboxylic acids is 1. The molecule has 1 fully saturated rings. The highest BCUT2D eigenvalue weighted by Crippen LogP contribution is 2.44. The van der Waals surface area contributed by atoms with Crippen molar-refractivity contribution in [1.82, 2.24) is 4.90 Å². The number of rotatable bonds is 5. The molecule has 10 heteroatoms. The summed E-state index contributed by atoms with van der Waals surface area (Å²) >= 11 is 0. The summed E-state index contributed by atoms with van der Waals surface area (Å²) in [5.74, 6) is -4.02. The zero-order valence-electron chi connectivity index (χ0n) is 17.3. The molecule has 2 aromatic rings. The van der Waals surface area contributed by atoms with Gasteiger partial charge in [-0.05, 0) is 35.4 Å². The molecule has 0 bridgehead atoms. The first-order valence-corrected chi connectivity index (χ1v) is 10.2. The molecule has 0 aromatic heterocycles. The Morgan fingerprint density at radius 1 is 1.12 bits per heavy atom. The Balaban J connectivity index is 1.68. The van der Waals surface area contributed by atoms with Crippen molar-refractivity contribution in [3.05, 3.63) is 65.2 Å². The van der Waals surface area contributed by atoms with Gasteiger partial charge in [0.2, 0.25) is 0 Å². The highest BCUT2D eigenvalue weighted by Gasteiger charge is 2.39. The molecular formula is C23H20F5NO4. The van der Waals surface area contributed by atoms with Crippen molar-refractivity contribution in [1.29, 1.82) is 0 Å². The third kappa shape index (κ3) is 5.11. The summed E-state index contributed by atoms with van der Waals surface area (Å²) in [6.07, 6.45) is -2.06. The SMILES string of the molecule is O=C(O)CN1CCC2(C=C(c3cc(F)c(OCC(F)(F)F)c(F)c3)c3ccccc3O2)CC1. The molecule has 2 heterocycles. The molecule has 176 valence electrons. The fourth-order valence-corrected chi connectivity index (χ4v) is 4.14. The van der Waals surface area contributed by atoms with Crippen LogP contribution in [0.2, 0.25) is 0 Å². The number of piperidine rings is 1. The van der Waals surface area contributed by atoms with Gasteiger partial charge in [-0.2, -0.15) is 13.2 Å². The third-order valence-electron chi connectivity index (χ3n) is 5.65. The molecule has 0 amide bonds. The number of hydrogen-bond donors (Lipinski definition) is 1. The van der Waals surface area contributed by atoms with Gasteiger partial charge < -0.3 is 14.6 Å². The van der Waals surface area contributed by atoms with Gasteiger partial charge >= 0.3 is 12.1 Å². The smallest absolute Gasteiger partial charge is 0.422 e. The second-order valence-corrected chi connectivity index (χ2v) is 8.06. The van der Waals surface area contributed by atoms with Gasteiger partial charge in [0.25, 0.3) is 0 Å². The van der Waals surface area contributed by atoms with Crippen LogP contribution in [0.3, 0.4) is 0 Å². The number of carboxylic acid groups (broad SMARTS) is 1. The number of benzene rings is 2. The monoisotopic (exact) mass is 469 g/mol. The Morgan fingerprint density at radius 3 is 2.36 bits per heavy atom. The zero-order chi connectivity index (χ0) is 23.8. The van der Waals surface area contributed by atoms with Gasteiger partial charge in [-0.25, -0.2) is 8.78 Å². The van der Waals surface area contributed by atoms with E-state index in [1.165, 1.54) is 0 Å². The van der Waals surface area contributed by atoms with Crippen molar-refractivity contribution in [3.8, 4) is 11.5 Å². The number of carbonyl (C=O) groups is 1.